The Labute approximate surface area is 188 Å². The number of carbonyl (C=O) groups is 3. The third kappa shape index (κ3) is 6.86. The van der Waals surface area contributed by atoms with Gasteiger partial charge in [-0.2, -0.15) is 0 Å². The summed E-state index contributed by atoms with van der Waals surface area (Å²) in [6.07, 6.45) is 3.43. The first-order valence-electron chi connectivity index (χ1n) is 9.47. The maximum Gasteiger partial charge on any atom is 0.416 e. The average Bonchev–Trinajstić information content (AvgIpc) is 2.96. The van der Waals surface area contributed by atoms with E-state index in [-0.39, 0.29) is 43.1 Å². The Kier molecular flexibility index (Phi) is 8.91. The van der Waals surface area contributed by atoms with Gasteiger partial charge in [0.05, 0.1) is 13.7 Å². The monoisotopic (exact) mass is 522 g/mol. The lowest BCUT2D eigenvalue weighted by atomic mass is 10.1. The Morgan fingerprint density at radius 3 is 2.55 bits per heavy atom. The Morgan fingerprint density at radius 2 is 2.00 bits per heavy atom. The number of aromatic nitrogens is 2. The molecule has 0 aromatic carbocycles. The van der Waals surface area contributed by atoms with Crippen molar-refractivity contribution in [2.45, 2.75) is 59.2 Å². The fraction of sp³-hybridized carbons (Fsp3) is 0.684. The molecule has 0 fully saturated rings. The Morgan fingerprint density at radius 1 is 1.34 bits per heavy atom. The van der Waals surface area contributed by atoms with Crippen LogP contribution in [0.2, 0.25) is 0 Å². The number of alkyl carbamates (subject to hydrolysis) is 1. The summed E-state index contributed by atoms with van der Waals surface area (Å²) in [5.41, 5.74) is 0.154. The first-order chi connectivity index (χ1) is 13.0. The smallest absolute Gasteiger partial charge is 0.416 e. The fourth-order valence-corrected chi connectivity index (χ4v) is 3.12. The highest BCUT2D eigenvalue weighted by atomic mass is 127. The van der Waals surface area contributed by atoms with Crippen molar-refractivity contribution < 1.29 is 52.4 Å². The molecule has 10 heteroatoms. The van der Waals surface area contributed by atoms with Crippen LogP contribution < -0.4 is 33.9 Å². The second-order valence-electron chi connectivity index (χ2n) is 8.34. The largest absolute Gasteiger partial charge is 1.00 e. The summed E-state index contributed by atoms with van der Waals surface area (Å²) in [4.78, 5) is 38.5. The zero-order chi connectivity index (χ0) is 21.1. The van der Waals surface area contributed by atoms with E-state index < -0.39 is 23.7 Å². The van der Waals surface area contributed by atoms with Gasteiger partial charge in [0.1, 0.15) is 17.8 Å². The summed E-state index contributed by atoms with van der Waals surface area (Å²) in [5.74, 6) is -0.0523. The molecule has 1 atom stereocenters. The number of carbonyl (C=O) groups excluding carboxylic acids is 3. The van der Waals surface area contributed by atoms with E-state index in [9.17, 15) is 14.4 Å². The Hall–Kier alpha value is -1.85. The number of methoxy groups -OCH3 is 1. The van der Waals surface area contributed by atoms with Crippen LogP contribution in [0.1, 0.15) is 40.3 Å². The molecular formula is C19H31IN4O5. The second-order valence-corrected chi connectivity index (χ2v) is 8.34. The summed E-state index contributed by atoms with van der Waals surface area (Å²) < 4.78 is 13.6. The van der Waals surface area contributed by atoms with Crippen LogP contribution in [0.25, 0.3) is 0 Å². The van der Waals surface area contributed by atoms with Crippen LogP contribution in [0.3, 0.4) is 0 Å². The van der Waals surface area contributed by atoms with E-state index in [0.717, 1.165) is 12.2 Å². The highest BCUT2D eigenvalue weighted by molar-refractivity contribution is 5.87. The van der Waals surface area contributed by atoms with Gasteiger partial charge >= 0.3 is 18.1 Å². The van der Waals surface area contributed by atoms with Gasteiger partial charge < -0.3 is 38.8 Å². The topological polar surface area (TPSA) is 93.8 Å². The molecule has 164 valence electrons. The van der Waals surface area contributed by atoms with Crippen molar-refractivity contribution in [3.63, 3.8) is 0 Å². The van der Waals surface area contributed by atoms with E-state index >= 15 is 0 Å². The number of rotatable bonds is 6. The lowest BCUT2D eigenvalue weighted by Gasteiger charge is -2.31. The van der Waals surface area contributed by atoms with Crippen LogP contribution in [0.5, 0.6) is 0 Å². The van der Waals surface area contributed by atoms with Crippen molar-refractivity contribution in [2.24, 2.45) is 5.92 Å². The number of halogens is 1. The van der Waals surface area contributed by atoms with Crippen molar-refractivity contribution in [3.8, 4) is 0 Å². The van der Waals surface area contributed by atoms with Gasteiger partial charge in [-0.3, -0.25) is 4.90 Å². The first-order valence-corrected chi connectivity index (χ1v) is 9.47. The number of hydrogen-bond acceptors (Lipinski definition) is 5. The third-order valence-electron chi connectivity index (χ3n) is 4.19. The van der Waals surface area contributed by atoms with Gasteiger partial charge in [0, 0.05) is 19.5 Å². The van der Waals surface area contributed by atoms with E-state index in [1.165, 1.54) is 12.0 Å². The molecule has 1 N–H and O–H groups in total. The molecular weight excluding hydrogens is 491 g/mol. The van der Waals surface area contributed by atoms with E-state index in [2.05, 4.69) is 19.2 Å². The molecule has 0 saturated carbocycles. The van der Waals surface area contributed by atoms with Gasteiger partial charge in [-0.05, 0) is 26.7 Å². The van der Waals surface area contributed by atoms with Crippen LogP contribution in [0, 0.1) is 5.92 Å². The number of fused-ring (bicyclic) bond motifs is 1. The maximum absolute atomic E-state index is 13.0. The van der Waals surface area contributed by atoms with Gasteiger partial charge in [-0.25, -0.2) is 19.0 Å². The third-order valence-corrected chi connectivity index (χ3v) is 4.19. The van der Waals surface area contributed by atoms with Crippen LogP contribution in [-0.4, -0.2) is 59.4 Å². The molecule has 1 aromatic heterocycles. The van der Waals surface area contributed by atoms with Crippen LogP contribution in [-0.2, 0) is 27.2 Å². The van der Waals surface area contributed by atoms with Crippen molar-refractivity contribution in [1.29, 1.82) is 0 Å². The van der Waals surface area contributed by atoms with Crippen LogP contribution >= 0.6 is 0 Å². The Balaban J connectivity index is 0.00000420. The molecule has 2 rings (SSSR count). The SMILES string of the molecule is COC(=O)[C@@H]1Cc2c[n+](CC(C)C)cn2C(=O)N1CCNC(=O)OC(C)(C)C.[I-]. The van der Waals surface area contributed by atoms with Gasteiger partial charge in [0.25, 0.3) is 6.33 Å². The van der Waals surface area contributed by atoms with Crippen molar-refractivity contribution in [1.82, 2.24) is 14.8 Å². The molecule has 1 aliphatic rings. The minimum absolute atomic E-state index is 0. The van der Waals surface area contributed by atoms with Crippen LogP contribution in [0.4, 0.5) is 9.59 Å². The summed E-state index contributed by atoms with van der Waals surface area (Å²) in [6.45, 7) is 10.6. The number of imidazole rings is 1. The van der Waals surface area contributed by atoms with Gasteiger partial charge in [-0.1, -0.05) is 13.8 Å². The highest BCUT2D eigenvalue weighted by Crippen LogP contribution is 2.18. The summed E-state index contributed by atoms with van der Waals surface area (Å²) in [7, 11) is 1.30. The van der Waals surface area contributed by atoms with Crippen LogP contribution in [0.15, 0.2) is 12.5 Å². The molecule has 0 saturated heterocycles. The van der Waals surface area contributed by atoms with E-state index in [1.807, 2.05) is 10.8 Å². The standard InChI is InChI=1S/C19H30N4O5.HI/c1-13(2)10-21-11-14-9-15(16(24)27-6)22(18(26)23(14)12-21)8-7-20-17(25)28-19(3,4)5;/h11-13,15H,7-10H2,1-6H3;1H/t15-;/m0./s1. The molecule has 0 radical (unpaired) electrons. The Bertz CT molecular complexity index is 741. The minimum Gasteiger partial charge on any atom is -1.00 e. The summed E-state index contributed by atoms with van der Waals surface area (Å²) in [5, 5.41) is 2.62. The minimum atomic E-state index is -0.729. The lowest BCUT2D eigenvalue weighted by molar-refractivity contribution is -0.701. The molecule has 9 nitrogen and oxygen atoms in total. The molecule has 2 amide bonds. The van der Waals surface area contributed by atoms with E-state index in [4.69, 9.17) is 9.47 Å². The molecule has 2 heterocycles. The van der Waals surface area contributed by atoms with Crippen molar-refractivity contribution in [2.75, 3.05) is 20.2 Å². The number of nitrogens with one attached hydrogen (secondary N) is 1. The number of hydrogen-bond donors (Lipinski definition) is 1. The molecule has 0 bridgehead atoms. The molecule has 0 spiro atoms. The maximum atomic E-state index is 13.0. The average molecular weight is 522 g/mol. The first kappa shape index (κ1) is 25.2. The lowest BCUT2D eigenvalue weighted by Crippen LogP contribution is -3.00. The predicted molar refractivity (Wildman–Crippen MR) is 101 cm³/mol. The number of amides is 2. The van der Waals surface area contributed by atoms with Gasteiger partial charge in [0.2, 0.25) is 0 Å². The highest BCUT2D eigenvalue weighted by Gasteiger charge is 2.42. The fourth-order valence-electron chi connectivity index (χ4n) is 3.12. The summed E-state index contributed by atoms with van der Waals surface area (Å²) in [6, 6.07) is -1.04. The van der Waals surface area contributed by atoms with Gasteiger partial charge in [0.15, 0.2) is 5.69 Å². The molecule has 29 heavy (non-hydrogen) atoms. The zero-order valence-corrected chi connectivity index (χ0v) is 20.1. The van der Waals surface area contributed by atoms with Gasteiger partial charge in [-0.15, -0.1) is 4.57 Å². The predicted octanol–water partition coefficient (Wildman–Crippen LogP) is -1.67. The molecule has 0 unspecified atom stereocenters. The molecule has 1 aliphatic heterocycles. The number of ether oxygens (including phenoxy) is 2. The normalized spacial score (nSPS) is 16.2. The quantitative estimate of drug-likeness (QED) is 0.274. The van der Waals surface area contributed by atoms with Crippen molar-refractivity contribution in [3.05, 3.63) is 18.2 Å². The number of nitrogens with zero attached hydrogens (tertiary/aromatic N) is 3. The molecule has 0 aliphatic carbocycles. The summed E-state index contributed by atoms with van der Waals surface area (Å²) >= 11 is 0. The molecule has 1 aromatic rings. The zero-order valence-electron chi connectivity index (χ0n) is 17.9. The number of esters is 1. The van der Waals surface area contributed by atoms with Crippen molar-refractivity contribution >= 4 is 18.1 Å². The second kappa shape index (κ2) is 10.3. The van der Waals surface area contributed by atoms with E-state index in [1.54, 1.807) is 31.7 Å². The van der Waals surface area contributed by atoms with E-state index in [0.29, 0.717) is 12.3 Å².